The van der Waals surface area contributed by atoms with Crippen LogP contribution in [0.5, 0.6) is 0 Å². The van der Waals surface area contributed by atoms with Crippen molar-refractivity contribution < 1.29 is 19.1 Å². The Morgan fingerprint density at radius 2 is 1.69 bits per heavy atom. The fourth-order valence-electron chi connectivity index (χ4n) is 5.46. The van der Waals surface area contributed by atoms with E-state index >= 15 is 0 Å². The minimum Gasteiger partial charge on any atom is -0.430 e. The lowest BCUT2D eigenvalue weighted by Crippen LogP contribution is -2.37. The fraction of sp³-hybridized carbons (Fsp3) is 0.643. The standard InChI is InChI=1S/C28H40O4/c1-6-10-20(7-2)27(30)32-24-18-28(11-13-31-14-12-28)17-23(29)26(24)25-21(8-3)15-19(5)16-22(25)9-4/h15-16,20H,6-14,17-18H2,1-5H3. The summed E-state index contributed by atoms with van der Waals surface area (Å²) in [5, 5.41) is 0. The van der Waals surface area contributed by atoms with E-state index in [0.717, 1.165) is 50.5 Å². The minimum absolute atomic E-state index is 0.120. The number of esters is 1. The lowest BCUT2D eigenvalue weighted by atomic mass is 9.67. The van der Waals surface area contributed by atoms with Crippen LogP contribution in [0.25, 0.3) is 5.57 Å². The zero-order valence-electron chi connectivity index (χ0n) is 20.6. The molecule has 176 valence electrons. The maximum Gasteiger partial charge on any atom is 0.314 e. The highest BCUT2D eigenvalue weighted by molar-refractivity contribution is 6.23. The first-order valence-electron chi connectivity index (χ1n) is 12.6. The molecule has 1 aliphatic carbocycles. The van der Waals surface area contributed by atoms with E-state index in [-0.39, 0.29) is 23.1 Å². The topological polar surface area (TPSA) is 52.6 Å². The Morgan fingerprint density at radius 1 is 1.06 bits per heavy atom. The molecule has 0 aromatic heterocycles. The highest BCUT2D eigenvalue weighted by Gasteiger charge is 2.43. The molecule has 0 bridgehead atoms. The van der Waals surface area contributed by atoms with E-state index in [1.807, 2.05) is 6.92 Å². The number of Topliss-reactive ketones (excluding diaryl/α,β-unsaturated/α-hetero) is 1. The van der Waals surface area contributed by atoms with Crippen LogP contribution >= 0.6 is 0 Å². The molecule has 1 atom stereocenters. The maximum atomic E-state index is 13.8. The van der Waals surface area contributed by atoms with Crippen molar-refractivity contribution in [2.45, 2.75) is 92.4 Å². The van der Waals surface area contributed by atoms with Crippen molar-refractivity contribution in [1.29, 1.82) is 0 Å². The first-order valence-corrected chi connectivity index (χ1v) is 12.6. The summed E-state index contributed by atoms with van der Waals surface area (Å²) in [5.41, 5.74) is 5.07. The SMILES string of the molecule is CCCC(CC)C(=O)OC1=C(c2c(CC)cc(C)cc2CC)C(=O)CC2(CCOCC2)C1. The molecule has 1 fully saturated rings. The van der Waals surface area contributed by atoms with Crippen LogP contribution in [-0.2, 0) is 31.9 Å². The predicted molar refractivity (Wildman–Crippen MR) is 128 cm³/mol. The van der Waals surface area contributed by atoms with Gasteiger partial charge in [-0.15, -0.1) is 0 Å². The number of rotatable bonds is 8. The average Bonchev–Trinajstić information content (AvgIpc) is 2.77. The van der Waals surface area contributed by atoms with Crippen molar-refractivity contribution >= 4 is 17.3 Å². The summed E-state index contributed by atoms with van der Waals surface area (Å²) in [5.74, 6) is 0.432. The lowest BCUT2D eigenvalue weighted by molar-refractivity contribution is -0.145. The van der Waals surface area contributed by atoms with E-state index < -0.39 is 0 Å². The molecule has 32 heavy (non-hydrogen) atoms. The number of aryl methyl sites for hydroxylation is 3. The van der Waals surface area contributed by atoms with Crippen molar-refractivity contribution in [3.05, 3.63) is 40.1 Å². The molecule has 1 unspecified atom stereocenters. The molecular formula is C28H40O4. The summed E-state index contributed by atoms with van der Waals surface area (Å²) >= 11 is 0. The van der Waals surface area contributed by atoms with Gasteiger partial charge in [0.05, 0.1) is 11.5 Å². The summed E-state index contributed by atoms with van der Waals surface area (Å²) in [6, 6.07) is 4.36. The molecular weight excluding hydrogens is 400 g/mol. The van der Waals surface area contributed by atoms with Gasteiger partial charge < -0.3 is 9.47 Å². The Kier molecular flexibility index (Phi) is 8.32. The molecule has 1 heterocycles. The van der Waals surface area contributed by atoms with E-state index in [2.05, 4.69) is 39.8 Å². The second-order valence-corrected chi connectivity index (χ2v) is 9.67. The largest absolute Gasteiger partial charge is 0.430 e. The molecule has 1 aromatic rings. The molecule has 4 heteroatoms. The third-order valence-corrected chi connectivity index (χ3v) is 7.33. The van der Waals surface area contributed by atoms with Gasteiger partial charge in [0, 0.05) is 26.1 Å². The van der Waals surface area contributed by atoms with Gasteiger partial charge in [-0.2, -0.15) is 0 Å². The summed E-state index contributed by atoms with van der Waals surface area (Å²) < 4.78 is 11.8. The normalized spacial score (nSPS) is 19.3. The van der Waals surface area contributed by atoms with Crippen LogP contribution in [-0.4, -0.2) is 25.0 Å². The molecule has 0 saturated carbocycles. The Balaban J connectivity index is 2.14. The molecule has 2 aliphatic rings. The van der Waals surface area contributed by atoms with Gasteiger partial charge in [0.2, 0.25) is 0 Å². The first-order chi connectivity index (χ1) is 15.4. The van der Waals surface area contributed by atoms with Gasteiger partial charge in [0.25, 0.3) is 0 Å². The Hall–Kier alpha value is -1.94. The number of carbonyl (C=O) groups is 2. The van der Waals surface area contributed by atoms with Crippen molar-refractivity contribution in [1.82, 2.24) is 0 Å². The van der Waals surface area contributed by atoms with Crippen LogP contribution in [0.15, 0.2) is 17.9 Å². The smallest absolute Gasteiger partial charge is 0.314 e. The molecule has 1 aromatic carbocycles. The van der Waals surface area contributed by atoms with Gasteiger partial charge in [0.15, 0.2) is 5.78 Å². The minimum atomic E-state index is -0.179. The summed E-state index contributed by atoms with van der Waals surface area (Å²) in [4.78, 5) is 26.9. The zero-order chi connectivity index (χ0) is 23.3. The van der Waals surface area contributed by atoms with Crippen LogP contribution in [0.4, 0.5) is 0 Å². The summed E-state index contributed by atoms with van der Waals surface area (Å²) in [7, 11) is 0. The number of hydrogen-bond acceptors (Lipinski definition) is 4. The zero-order valence-corrected chi connectivity index (χ0v) is 20.6. The lowest BCUT2D eigenvalue weighted by Gasteiger charge is -2.41. The van der Waals surface area contributed by atoms with E-state index in [1.165, 1.54) is 16.7 Å². The van der Waals surface area contributed by atoms with E-state index in [1.54, 1.807) is 0 Å². The second kappa shape index (κ2) is 10.8. The third-order valence-electron chi connectivity index (χ3n) is 7.33. The van der Waals surface area contributed by atoms with Crippen LogP contribution in [0, 0.1) is 18.3 Å². The van der Waals surface area contributed by atoms with E-state index in [0.29, 0.717) is 37.4 Å². The van der Waals surface area contributed by atoms with Crippen LogP contribution in [0.3, 0.4) is 0 Å². The fourth-order valence-corrected chi connectivity index (χ4v) is 5.46. The number of hydrogen-bond donors (Lipinski definition) is 0. The number of carbonyl (C=O) groups excluding carboxylic acids is 2. The molecule has 0 N–H and O–H groups in total. The number of ketones is 1. The summed E-state index contributed by atoms with van der Waals surface area (Å²) in [6.45, 7) is 11.8. The molecule has 3 rings (SSSR count). The van der Waals surface area contributed by atoms with Gasteiger partial charge in [-0.3, -0.25) is 9.59 Å². The third kappa shape index (κ3) is 5.17. The Morgan fingerprint density at radius 3 is 2.22 bits per heavy atom. The van der Waals surface area contributed by atoms with Crippen molar-refractivity contribution in [2.24, 2.45) is 11.3 Å². The summed E-state index contributed by atoms with van der Waals surface area (Å²) in [6.07, 6.45) is 7.04. The second-order valence-electron chi connectivity index (χ2n) is 9.67. The van der Waals surface area contributed by atoms with Gasteiger partial charge in [-0.1, -0.05) is 51.8 Å². The molecule has 0 radical (unpaired) electrons. The van der Waals surface area contributed by atoms with Crippen LogP contribution in [0.2, 0.25) is 0 Å². The number of benzene rings is 1. The molecule has 1 aliphatic heterocycles. The van der Waals surface area contributed by atoms with Crippen LogP contribution < -0.4 is 0 Å². The van der Waals surface area contributed by atoms with E-state index in [9.17, 15) is 9.59 Å². The predicted octanol–water partition coefficient (Wildman–Crippen LogP) is 6.36. The maximum absolute atomic E-state index is 13.8. The van der Waals surface area contributed by atoms with E-state index in [4.69, 9.17) is 9.47 Å². The van der Waals surface area contributed by atoms with Gasteiger partial charge in [-0.25, -0.2) is 0 Å². The highest BCUT2D eigenvalue weighted by atomic mass is 16.5. The average molecular weight is 441 g/mol. The first kappa shape index (κ1) is 24.7. The molecule has 1 saturated heterocycles. The molecule has 0 amide bonds. The quantitative estimate of drug-likeness (QED) is 0.441. The Labute approximate surface area is 193 Å². The van der Waals surface area contributed by atoms with Crippen molar-refractivity contribution in [3.63, 3.8) is 0 Å². The van der Waals surface area contributed by atoms with Crippen molar-refractivity contribution in [2.75, 3.05) is 13.2 Å². The highest BCUT2D eigenvalue weighted by Crippen LogP contribution is 2.48. The number of ether oxygens (including phenoxy) is 2. The van der Waals surface area contributed by atoms with Crippen molar-refractivity contribution in [3.8, 4) is 0 Å². The molecule has 4 nitrogen and oxygen atoms in total. The number of allylic oxidation sites excluding steroid dienone is 2. The molecule has 1 spiro atoms. The van der Waals surface area contributed by atoms with Gasteiger partial charge >= 0.3 is 5.97 Å². The Bertz CT molecular complexity index is 848. The van der Waals surface area contributed by atoms with Gasteiger partial charge in [0.1, 0.15) is 5.76 Å². The monoisotopic (exact) mass is 440 g/mol. The van der Waals surface area contributed by atoms with Crippen LogP contribution in [0.1, 0.15) is 94.9 Å². The van der Waals surface area contributed by atoms with Gasteiger partial charge in [-0.05, 0) is 67.6 Å².